The van der Waals surface area contributed by atoms with Crippen LogP contribution in [0.15, 0.2) is 12.2 Å². The van der Waals surface area contributed by atoms with Gasteiger partial charge in [0, 0.05) is 6.54 Å². The minimum Gasteiger partial charge on any atom is -0.356 e. The van der Waals surface area contributed by atoms with E-state index in [0.29, 0.717) is 5.92 Å². The van der Waals surface area contributed by atoms with Crippen LogP contribution in [-0.2, 0) is 4.79 Å². The van der Waals surface area contributed by atoms with E-state index in [4.69, 9.17) is 0 Å². The number of fused-ring (bicyclic) bond motifs is 2. The third-order valence-electron chi connectivity index (χ3n) is 4.21. The van der Waals surface area contributed by atoms with Crippen LogP contribution in [0.4, 0.5) is 0 Å². The highest BCUT2D eigenvalue weighted by atomic mass is 16.2. The third kappa shape index (κ3) is 1.90. The lowest BCUT2D eigenvalue weighted by molar-refractivity contribution is -0.128. The van der Waals surface area contributed by atoms with Crippen molar-refractivity contribution in [2.24, 2.45) is 17.3 Å². The molecule has 16 heavy (non-hydrogen) atoms. The summed E-state index contributed by atoms with van der Waals surface area (Å²) in [6.07, 6.45) is 10.5. The molecule has 90 valence electrons. The first-order valence-electron chi connectivity index (χ1n) is 6.69. The Morgan fingerprint density at radius 1 is 1.44 bits per heavy atom. The number of hydrogen-bond acceptors (Lipinski definition) is 1. The molecule has 0 aromatic heterocycles. The molecule has 2 aliphatic carbocycles. The average molecular weight is 221 g/mol. The second kappa shape index (κ2) is 4.60. The number of amides is 1. The van der Waals surface area contributed by atoms with Crippen molar-refractivity contribution in [3.05, 3.63) is 12.2 Å². The Balaban J connectivity index is 1.99. The molecule has 0 heterocycles. The van der Waals surface area contributed by atoms with Crippen molar-refractivity contribution in [3.8, 4) is 0 Å². The maximum Gasteiger partial charge on any atom is 0.230 e. The lowest BCUT2D eigenvalue weighted by Crippen LogP contribution is -2.37. The fourth-order valence-corrected chi connectivity index (χ4v) is 3.34. The van der Waals surface area contributed by atoms with Gasteiger partial charge >= 0.3 is 0 Å². The molecular weight excluding hydrogens is 198 g/mol. The highest BCUT2D eigenvalue weighted by Crippen LogP contribution is 2.54. The van der Waals surface area contributed by atoms with Crippen LogP contribution in [0.25, 0.3) is 0 Å². The monoisotopic (exact) mass is 221 g/mol. The lowest BCUT2D eigenvalue weighted by Gasteiger charge is -2.24. The van der Waals surface area contributed by atoms with Crippen LogP contribution in [0.5, 0.6) is 0 Å². The van der Waals surface area contributed by atoms with E-state index in [9.17, 15) is 4.79 Å². The van der Waals surface area contributed by atoms with Crippen molar-refractivity contribution < 1.29 is 4.79 Å². The van der Waals surface area contributed by atoms with E-state index in [2.05, 4.69) is 24.4 Å². The number of hydrogen-bond donors (Lipinski definition) is 1. The van der Waals surface area contributed by atoms with Crippen LogP contribution in [0.2, 0.25) is 0 Å². The average Bonchev–Trinajstić information content (AvgIpc) is 2.85. The van der Waals surface area contributed by atoms with Crippen molar-refractivity contribution >= 4 is 5.91 Å². The second-order valence-corrected chi connectivity index (χ2v) is 5.35. The van der Waals surface area contributed by atoms with Gasteiger partial charge in [-0.3, -0.25) is 4.79 Å². The van der Waals surface area contributed by atoms with Gasteiger partial charge in [-0.1, -0.05) is 31.9 Å². The predicted molar refractivity (Wildman–Crippen MR) is 66.0 cm³/mol. The Bertz CT molecular complexity index is 297. The molecule has 0 aromatic carbocycles. The summed E-state index contributed by atoms with van der Waals surface area (Å²) in [6, 6.07) is 0. The molecule has 1 fully saturated rings. The summed E-state index contributed by atoms with van der Waals surface area (Å²) in [5.41, 5.74) is -0.140. The highest BCUT2D eigenvalue weighted by Gasteiger charge is 2.50. The van der Waals surface area contributed by atoms with Crippen molar-refractivity contribution in [1.29, 1.82) is 0 Å². The largest absolute Gasteiger partial charge is 0.356 e. The Labute approximate surface area is 98.5 Å². The molecule has 2 aliphatic rings. The predicted octanol–water partition coefficient (Wildman–Crippen LogP) is 2.90. The number of allylic oxidation sites excluding steroid dienone is 1. The van der Waals surface area contributed by atoms with Crippen molar-refractivity contribution in [1.82, 2.24) is 5.32 Å². The summed E-state index contributed by atoms with van der Waals surface area (Å²) >= 11 is 0. The number of unbranched alkanes of at least 4 members (excludes halogenated alkanes) is 1. The van der Waals surface area contributed by atoms with Gasteiger partial charge in [0.1, 0.15) is 0 Å². The topological polar surface area (TPSA) is 29.1 Å². The molecule has 2 rings (SSSR count). The molecule has 1 amide bonds. The molecular formula is C14H23NO. The van der Waals surface area contributed by atoms with Gasteiger partial charge in [0.05, 0.1) is 5.41 Å². The molecule has 0 spiro atoms. The van der Waals surface area contributed by atoms with Crippen molar-refractivity contribution in [3.63, 3.8) is 0 Å². The summed E-state index contributed by atoms with van der Waals surface area (Å²) in [5, 5.41) is 2.99. The second-order valence-electron chi connectivity index (χ2n) is 5.35. The zero-order chi connectivity index (χ0) is 11.6. The standard InChI is InChI=1S/C14H23NO/c1-3-5-6-11-9-14(13(16)15-4-2)8-7-12(11)10-14/h7-8,11-12H,3-6,9-10H2,1-2H3,(H,15,16). The summed E-state index contributed by atoms with van der Waals surface area (Å²) in [7, 11) is 0. The van der Waals surface area contributed by atoms with Gasteiger partial charge in [0.15, 0.2) is 0 Å². The summed E-state index contributed by atoms with van der Waals surface area (Å²) in [4.78, 5) is 12.1. The molecule has 1 N–H and O–H groups in total. The Kier molecular flexibility index (Phi) is 3.36. The molecule has 2 nitrogen and oxygen atoms in total. The van der Waals surface area contributed by atoms with Crippen LogP contribution >= 0.6 is 0 Å². The minimum absolute atomic E-state index is 0.140. The zero-order valence-electron chi connectivity index (χ0n) is 10.5. The van der Waals surface area contributed by atoms with E-state index < -0.39 is 0 Å². The van der Waals surface area contributed by atoms with Crippen LogP contribution < -0.4 is 5.32 Å². The molecule has 0 saturated heterocycles. The summed E-state index contributed by atoms with van der Waals surface area (Å²) in [5.74, 6) is 1.69. The lowest BCUT2D eigenvalue weighted by atomic mass is 9.82. The maximum absolute atomic E-state index is 12.1. The number of carbonyl (C=O) groups is 1. The molecule has 1 saturated carbocycles. The molecule has 0 aromatic rings. The molecule has 0 aliphatic heterocycles. The third-order valence-corrected chi connectivity index (χ3v) is 4.21. The summed E-state index contributed by atoms with van der Waals surface area (Å²) in [6.45, 7) is 4.98. The van der Waals surface area contributed by atoms with Gasteiger partial charge in [0.25, 0.3) is 0 Å². The van der Waals surface area contributed by atoms with E-state index in [1.807, 2.05) is 6.92 Å². The Morgan fingerprint density at radius 3 is 2.94 bits per heavy atom. The molecule has 3 unspecified atom stereocenters. The highest BCUT2D eigenvalue weighted by molar-refractivity contribution is 5.85. The van der Waals surface area contributed by atoms with Gasteiger partial charge < -0.3 is 5.32 Å². The van der Waals surface area contributed by atoms with Crippen molar-refractivity contribution in [2.75, 3.05) is 6.54 Å². The van der Waals surface area contributed by atoms with E-state index in [-0.39, 0.29) is 11.3 Å². The molecule has 3 atom stereocenters. The SMILES string of the molecule is CCCCC1CC2(C(=O)NCC)C=CC1C2. The van der Waals surface area contributed by atoms with Gasteiger partial charge in [0.2, 0.25) is 5.91 Å². The van der Waals surface area contributed by atoms with E-state index in [1.54, 1.807) is 0 Å². The van der Waals surface area contributed by atoms with Crippen LogP contribution in [0.3, 0.4) is 0 Å². The van der Waals surface area contributed by atoms with Crippen LogP contribution in [0, 0.1) is 17.3 Å². The number of nitrogens with one attached hydrogen (secondary N) is 1. The molecule has 2 bridgehead atoms. The van der Waals surface area contributed by atoms with E-state index in [0.717, 1.165) is 25.3 Å². The van der Waals surface area contributed by atoms with E-state index >= 15 is 0 Å². The van der Waals surface area contributed by atoms with Gasteiger partial charge in [-0.05, 0) is 38.0 Å². The quantitative estimate of drug-likeness (QED) is 0.711. The maximum atomic E-state index is 12.1. The fraction of sp³-hybridized carbons (Fsp3) is 0.786. The van der Waals surface area contributed by atoms with Gasteiger partial charge in [-0.15, -0.1) is 0 Å². The van der Waals surface area contributed by atoms with Gasteiger partial charge in [-0.25, -0.2) is 0 Å². The first kappa shape index (κ1) is 11.7. The Hall–Kier alpha value is -0.790. The Morgan fingerprint density at radius 2 is 2.25 bits per heavy atom. The fourth-order valence-electron chi connectivity index (χ4n) is 3.34. The number of carbonyl (C=O) groups excluding carboxylic acids is 1. The van der Waals surface area contributed by atoms with Crippen molar-refractivity contribution in [2.45, 2.75) is 46.0 Å². The minimum atomic E-state index is -0.140. The zero-order valence-corrected chi connectivity index (χ0v) is 10.5. The normalized spacial score (nSPS) is 35.6. The van der Waals surface area contributed by atoms with Crippen LogP contribution in [-0.4, -0.2) is 12.5 Å². The smallest absolute Gasteiger partial charge is 0.230 e. The van der Waals surface area contributed by atoms with Gasteiger partial charge in [-0.2, -0.15) is 0 Å². The first-order chi connectivity index (χ1) is 7.72. The van der Waals surface area contributed by atoms with E-state index in [1.165, 1.54) is 19.3 Å². The number of rotatable bonds is 5. The van der Waals surface area contributed by atoms with Crippen LogP contribution in [0.1, 0.15) is 46.0 Å². The molecule has 2 heteroatoms. The first-order valence-corrected chi connectivity index (χ1v) is 6.69. The molecule has 0 radical (unpaired) electrons. The summed E-state index contributed by atoms with van der Waals surface area (Å²) < 4.78 is 0.